The molecule has 1 aliphatic heterocycles. The fraction of sp³-hybridized carbons (Fsp3) is 0.300. The molecule has 0 aromatic heterocycles. The Labute approximate surface area is 92.6 Å². The molecule has 13 heavy (non-hydrogen) atoms. The van der Waals surface area contributed by atoms with Crippen molar-refractivity contribution in [3.05, 3.63) is 42.8 Å². The van der Waals surface area contributed by atoms with E-state index in [1.807, 2.05) is 18.2 Å². The summed E-state index contributed by atoms with van der Waals surface area (Å²) in [6, 6.07) is 10.1. The summed E-state index contributed by atoms with van der Waals surface area (Å²) in [6.45, 7) is 3.93. The largest absolute Gasteiger partial charge is 0.130 e. The molecule has 0 saturated carbocycles. The van der Waals surface area contributed by atoms with Gasteiger partial charge in [-0.15, -0.1) is 35.0 Å². The third kappa shape index (κ3) is 1.58. The summed E-state index contributed by atoms with van der Waals surface area (Å²) in [4.78, 5) is -0.548. The molecule has 3 unspecified atom stereocenters. The molecule has 1 aromatic rings. The molecule has 0 bridgehead atoms. The summed E-state index contributed by atoms with van der Waals surface area (Å²) in [7, 11) is 0. The maximum Gasteiger partial charge on any atom is 0.100 e. The van der Waals surface area contributed by atoms with Crippen molar-refractivity contribution in [3.63, 3.8) is 0 Å². The van der Waals surface area contributed by atoms with Gasteiger partial charge < -0.3 is 0 Å². The number of halogens is 2. The summed E-state index contributed by atoms with van der Waals surface area (Å²) < 4.78 is -0.0839. The molecule has 3 heteroatoms. The summed E-state index contributed by atoms with van der Waals surface area (Å²) in [5.74, 6) is 0. The number of benzene rings is 1. The van der Waals surface area contributed by atoms with E-state index in [-0.39, 0.29) is 9.96 Å². The molecule has 1 aromatic carbocycles. The van der Waals surface area contributed by atoms with Crippen LogP contribution in [0, 0.1) is 6.92 Å². The van der Waals surface area contributed by atoms with Crippen LogP contribution in [0.25, 0.3) is 0 Å². The third-order valence-corrected chi connectivity index (χ3v) is 5.30. The highest BCUT2D eigenvalue weighted by atomic mass is 35.5. The van der Waals surface area contributed by atoms with Crippen molar-refractivity contribution in [2.75, 3.05) is 0 Å². The van der Waals surface area contributed by atoms with Crippen LogP contribution in [0.1, 0.15) is 10.8 Å². The van der Waals surface area contributed by atoms with Crippen molar-refractivity contribution in [2.45, 2.75) is 14.8 Å². The molecule has 1 saturated heterocycles. The predicted octanol–water partition coefficient (Wildman–Crippen LogP) is 3.85. The standard InChI is InChI=1S/C10H9Cl2S/c1-10(12)8(13-9(10)11)7-5-3-2-4-6-7/h2-6,8-9H,1H2. The van der Waals surface area contributed by atoms with E-state index >= 15 is 0 Å². The fourth-order valence-corrected chi connectivity index (χ4v) is 3.37. The maximum absolute atomic E-state index is 6.19. The van der Waals surface area contributed by atoms with Gasteiger partial charge in [0.15, 0.2) is 0 Å². The number of hydrogen-bond donors (Lipinski definition) is 0. The smallest absolute Gasteiger partial charge is 0.100 e. The van der Waals surface area contributed by atoms with E-state index in [2.05, 4.69) is 19.1 Å². The van der Waals surface area contributed by atoms with Crippen LogP contribution in [0.2, 0.25) is 0 Å². The van der Waals surface area contributed by atoms with Crippen LogP contribution < -0.4 is 0 Å². The van der Waals surface area contributed by atoms with Crippen LogP contribution in [0.3, 0.4) is 0 Å². The van der Waals surface area contributed by atoms with E-state index in [1.54, 1.807) is 11.8 Å². The molecule has 0 nitrogen and oxygen atoms in total. The van der Waals surface area contributed by atoms with E-state index in [1.165, 1.54) is 5.56 Å². The average Bonchev–Trinajstić information content (AvgIpc) is 2.15. The van der Waals surface area contributed by atoms with Crippen molar-refractivity contribution < 1.29 is 0 Å². The molecule has 1 aliphatic rings. The molecule has 69 valence electrons. The minimum atomic E-state index is -0.548. The quantitative estimate of drug-likeness (QED) is 0.662. The van der Waals surface area contributed by atoms with Gasteiger partial charge in [-0.1, -0.05) is 30.3 Å². The Hall–Kier alpha value is 0.150. The summed E-state index contributed by atoms with van der Waals surface area (Å²) >= 11 is 13.8. The third-order valence-electron chi connectivity index (χ3n) is 2.17. The number of hydrogen-bond acceptors (Lipinski definition) is 1. The summed E-state index contributed by atoms with van der Waals surface area (Å²) in [6.07, 6.45) is 0. The Morgan fingerprint density at radius 2 is 1.92 bits per heavy atom. The molecular formula is C10H9Cl2S. The molecule has 1 fully saturated rings. The fourth-order valence-electron chi connectivity index (χ4n) is 1.38. The Balaban J connectivity index is 2.22. The first-order chi connectivity index (χ1) is 6.12. The van der Waals surface area contributed by atoms with E-state index in [0.29, 0.717) is 0 Å². The lowest BCUT2D eigenvalue weighted by molar-refractivity contribution is 0.674. The van der Waals surface area contributed by atoms with Gasteiger partial charge in [-0.2, -0.15) is 0 Å². The van der Waals surface area contributed by atoms with Crippen LogP contribution in [0.15, 0.2) is 30.3 Å². The molecule has 1 heterocycles. The van der Waals surface area contributed by atoms with Gasteiger partial charge >= 0.3 is 0 Å². The summed E-state index contributed by atoms with van der Waals surface area (Å²) in [5.41, 5.74) is 1.20. The zero-order chi connectivity index (χ0) is 9.47. The van der Waals surface area contributed by atoms with Gasteiger partial charge in [0.05, 0.1) is 10.1 Å². The molecule has 0 N–H and O–H groups in total. The van der Waals surface area contributed by atoms with Crippen LogP contribution in [0.4, 0.5) is 0 Å². The lowest BCUT2D eigenvalue weighted by atomic mass is 10.00. The van der Waals surface area contributed by atoms with Gasteiger partial charge in [-0.3, -0.25) is 0 Å². The Bertz CT molecular complexity index is 297. The topological polar surface area (TPSA) is 0 Å². The SMILES string of the molecule is [CH2]C1(Cl)C(Cl)SC1c1ccccc1. The number of alkyl halides is 2. The first-order valence-electron chi connectivity index (χ1n) is 4.01. The predicted molar refractivity (Wildman–Crippen MR) is 60.4 cm³/mol. The molecule has 1 radical (unpaired) electrons. The van der Waals surface area contributed by atoms with Gasteiger partial charge in [-0.05, 0) is 12.5 Å². The van der Waals surface area contributed by atoms with E-state index in [0.717, 1.165) is 0 Å². The van der Waals surface area contributed by atoms with Crippen LogP contribution in [-0.4, -0.2) is 9.58 Å². The van der Waals surface area contributed by atoms with Crippen LogP contribution in [0.5, 0.6) is 0 Å². The highest BCUT2D eigenvalue weighted by Crippen LogP contribution is 2.60. The van der Waals surface area contributed by atoms with Crippen molar-refractivity contribution in [1.82, 2.24) is 0 Å². The van der Waals surface area contributed by atoms with Crippen molar-refractivity contribution >= 4 is 35.0 Å². The second-order valence-corrected chi connectivity index (χ2v) is 5.78. The minimum Gasteiger partial charge on any atom is -0.130 e. The minimum absolute atomic E-state index is 0.0839. The second-order valence-electron chi connectivity index (χ2n) is 3.17. The van der Waals surface area contributed by atoms with Gasteiger partial charge in [0, 0.05) is 0 Å². The van der Waals surface area contributed by atoms with E-state index in [4.69, 9.17) is 23.2 Å². The average molecular weight is 232 g/mol. The van der Waals surface area contributed by atoms with Crippen LogP contribution >= 0.6 is 35.0 Å². The van der Waals surface area contributed by atoms with E-state index < -0.39 is 4.87 Å². The Kier molecular flexibility index (Phi) is 2.52. The van der Waals surface area contributed by atoms with Gasteiger partial charge in [-0.25, -0.2) is 0 Å². The number of thioether (sulfide) groups is 1. The highest BCUT2D eigenvalue weighted by molar-refractivity contribution is 8.03. The monoisotopic (exact) mass is 231 g/mol. The zero-order valence-electron chi connectivity index (χ0n) is 6.91. The molecule has 0 amide bonds. The van der Waals surface area contributed by atoms with Crippen molar-refractivity contribution in [2.24, 2.45) is 0 Å². The lowest BCUT2D eigenvalue weighted by Crippen LogP contribution is -2.43. The zero-order valence-corrected chi connectivity index (χ0v) is 9.24. The van der Waals surface area contributed by atoms with Gasteiger partial charge in [0.2, 0.25) is 0 Å². The van der Waals surface area contributed by atoms with Gasteiger partial charge in [0.1, 0.15) is 4.71 Å². The second kappa shape index (κ2) is 3.38. The molecule has 3 atom stereocenters. The maximum atomic E-state index is 6.19. The van der Waals surface area contributed by atoms with E-state index in [9.17, 15) is 0 Å². The Morgan fingerprint density at radius 3 is 2.38 bits per heavy atom. The first kappa shape index (κ1) is 9.70. The van der Waals surface area contributed by atoms with Gasteiger partial charge in [0.25, 0.3) is 0 Å². The Morgan fingerprint density at radius 1 is 1.31 bits per heavy atom. The normalized spacial score (nSPS) is 38.4. The molecule has 0 spiro atoms. The first-order valence-corrected chi connectivity index (χ1v) is 5.77. The van der Waals surface area contributed by atoms with Crippen molar-refractivity contribution in [3.8, 4) is 0 Å². The van der Waals surface area contributed by atoms with Crippen molar-refractivity contribution in [1.29, 1.82) is 0 Å². The lowest BCUT2D eigenvalue weighted by Gasteiger charge is -2.46. The molecular weight excluding hydrogens is 223 g/mol. The number of rotatable bonds is 1. The summed E-state index contributed by atoms with van der Waals surface area (Å²) in [5, 5.41) is 0.220. The highest BCUT2D eigenvalue weighted by Gasteiger charge is 2.51. The molecule has 0 aliphatic carbocycles. The van der Waals surface area contributed by atoms with Crippen LogP contribution in [-0.2, 0) is 0 Å². The molecule has 2 rings (SSSR count).